The number of aliphatic carboxylic acids is 1. The van der Waals surface area contributed by atoms with E-state index in [1.165, 1.54) is 11.1 Å². The minimum atomic E-state index is -1.31. The normalized spacial score (nSPS) is 15.5. The van der Waals surface area contributed by atoms with Crippen LogP contribution in [0.3, 0.4) is 0 Å². The molecule has 7 N–H and O–H groups in total. The smallest absolute Gasteiger partial charge is 0.303 e. The van der Waals surface area contributed by atoms with Crippen molar-refractivity contribution in [3.05, 3.63) is 29.7 Å². The van der Waals surface area contributed by atoms with Gasteiger partial charge in [0.05, 0.1) is 13.0 Å². The van der Waals surface area contributed by atoms with Gasteiger partial charge in [0, 0.05) is 25.5 Å². The average Bonchev–Trinajstić information content (AvgIpc) is 3.58. The van der Waals surface area contributed by atoms with E-state index in [1.807, 2.05) is 0 Å². The fourth-order valence-electron chi connectivity index (χ4n) is 4.24. The van der Waals surface area contributed by atoms with E-state index in [2.05, 4.69) is 41.6 Å². The highest BCUT2D eigenvalue weighted by atomic mass is 16.4. The zero-order valence-electron chi connectivity index (χ0n) is 22.5. The average molecular weight is 573 g/mol. The summed E-state index contributed by atoms with van der Waals surface area (Å²) in [5.41, 5.74) is 5.93. The zero-order valence-corrected chi connectivity index (χ0v) is 22.5. The van der Waals surface area contributed by atoms with Crippen LogP contribution in [0, 0.1) is 5.92 Å². The van der Waals surface area contributed by atoms with Crippen LogP contribution in [-0.2, 0) is 41.7 Å². The number of amides is 5. The number of hydrogen-bond acceptors (Lipinski definition) is 10. The molecule has 0 unspecified atom stereocenters. The number of anilines is 1. The van der Waals surface area contributed by atoms with Gasteiger partial charge in [-0.15, -0.1) is 10.2 Å². The van der Waals surface area contributed by atoms with E-state index in [9.17, 15) is 28.8 Å². The van der Waals surface area contributed by atoms with Crippen molar-refractivity contribution < 1.29 is 33.9 Å². The number of pyridine rings is 1. The number of nitrogens with zero attached hydrogens (tertiary/aromatic N) is 5. The standard InChI is InChI=1S/C24H32N10O7/c1-12(2)20(29-18(36)7-8-19(37)38)23(40)28-14(5-6-16(25)35)24(41)34-15(10-13-4-3-9-26-21(13)34)22(39)27-11-17-30-32-33-31-17/h3-4,9,12,14-15,20H,5-8,10-11H2,1-2H3,(H2,25,35)(H,27,39)(H,28,40)(H,29,36)(H,37,38)(H,30,31,32,33)/t14-,15-,20-/m0/s1. The second-order valence-electron chi connectivity index (χ2n) is 9.71. The molecular formula is C24H32N10O7. The molecular weight excluding hydrogens is 540 g/mol. The summed E-state index contributed by atoms with van der Waals surface area (Å²) >= 11 is 0. The van der Waals surface area contributed by atoms with E-state index in [0.717, 1.165) is 0 Å². The van der Waals surface area contributed by atoms with Crippen molar-refractivity contribution in [2.24, 2.45) is 11.7 Å². The Hall–Kier alpha value is -4.96. The van der Waals surface area contributed by atoms with Gasteiger partial charge in [0.25, 0.3) is 5.91 Å². The highest BCUT2D eigenvalue weighted by Crippen LogP contribution is 2.31. The van der Waals surface area contributed by atoms with Gasteiger partial charge in [-0.1, -0.05) is 25.1 Å². The molecule has 1 aliphatic heterocycles. The molecule has 0 aromatic carbocycles. The van der Waals surface area contributed by atoms with Gasteiger partial charge in [-0.2, -0.15) is 5.21 Å². The molecule has 0 spiro atoms. The molecule has 0 aliphatic carbocycles. The highest BCUT2D eigenvalue weighted by molar-refractivity contribution is 6.06. The van der Waals surface area contributed by atoms with Crippen LogP contribution in [0.4, 0.5) is 5.82 Å². The number of rotatable bonds is 14. The molecule has 17 nitrogen and oxygen atoms in total. The summed E-state index contributed by atoms with van der Waals surface area (Å²) in [5.74, 6) is -4.51. The molecule has 3 heterocycles. The van der Waals surface area contributed by atoms with Crippen molar-refractivity contribution in [3.63, 3.8) is 0 Å². The first-order chi connectivity index (χ1) is 19.5. The van der Waals surface area contributed by atoms with Gasteiger partial charge in [-0.25, -0.2) is 4.98 Å². The highest BCUT2D eigenvalue weighted by Gasteiger charge is 2.42. The lowest BCUT2D eigenvalue weighted by atomic mass is 10.0. The van der Waals surface area contributed by atoms with Crippen molar-refractivity contribution in [2.45, 2.75) is 70.6 Å². The Morgan fingerprint density at radius 2 is 1.90 bits per heavy atom. The maximum absolute atomic E-state index is 13.9. The van der Waals surface area contributed by atoms with Crippen molar-refractivity contribution in [1.29, 1.82) is 0 Å². The maximum Gasteiger partial charge on any atom is 0.303 e. The number of carboxylic acid groups (broad SMARTS) is 1. The van der Waals surface area contributed by atoms with Crippen LogP contribution in [0.1, 0.15) is 50.9 Å². The summed E-state index contributed by atoms with van der Waals surface area (Å²) in [4.78, 5) is 80.5. The molecule has 17 heteroatoms. The SMILES string of the molecule is CC(C)[C@H](NC(=O)CCC(=O)O)C(=O)N[C@@H](CCC(N)=O)C(=O)N1c2ncccc2C[C@H]1C(=O)NCc1nn[nH]n1. The lowest BCUT2D eigenvalue weighted by Gasteiger charge is -2.30. The van der Waals surface area contributed by atoms with Crippen molar-refractivity contribution >= 4 is 41.3 Å². The van der Waals surface area contributed by atoms with Crippen molar-refractivity contribution in [3.8, 4) is 0 Å². The quantitative estimate of drug-likeness (QED) is 0.143. The Labute approximate surface area is 234 Å². The Bertz CT molecular complexity index is 1280. The fraction of sp³-hybridized carbons (Fsp3) is 0.500. The van der Waals surface area contributed by atoms with Crippen LogP contribution >= 0.6 is 0 Å². The molecule has 3 atom stereocenters. The van der Waals surface area contributed by atoms with Gasteiger partial charge in [-0.05, 0) is 24.0 Å². The monoisotopic (exact) mass is 572 g/mol. The van der Waals surface area contributed by atoms with Crippen molar-refractivity contribution in [1.82, 2.24) is 41.6 Å². The number of nitrogens with one attached hydrogen (secondary N) is 4. The molecule has 0 radical (unpaired) electrons. The Morgan fingerprint density at radius 3 is 2.54 bits per heavy atom. The summed E-state index contributed by atoms with van der Waals surface area (Å²) in [6.07, 6.45) is 0.385. The van der Waals surface area contributed by atoms with Crippen LogP contribution in [0.2, 0.25) is 0 Å². The first kappa shape index (κ1) is 30.6. The molecule has 2 aromatic rings. The topological polar surface area (TPSA) is 255 Å². The minimum absolute atomic E-state index is 0.0584. The summed E-state index contributed by atoms with van der Waals surface area (Å²) in [6.45, 7) is 3.26. The summed E-state index contributed by atoms with van der Waals surface area (Å²) < 4.78 is 0. The molecule has 0 saturated carbocycles. The summed E-state index contributed by atoms with van der Waals surface area (Å²) in [5, 5.41) is 29.8. The second kappa shape index (κ2) is 13.9. The summed E-state index contributed by atoms with van der Waals surface area (Å²) in [7, 11) is 0. The molecule has 220 valence electrons. The van der Waals surface area contributed by atoms with Gasteiger partial charge in [0.15, 0.2) is 5.82 Å². The number of tetrazole rings is 1. The lowest BCUT2D eigenvalue weighted by Crippen LogP contribution is -2.58. The molecule has 3 rings (SSSR count). The molecule has 0 fully saturated rings. The number of carbonyl (C=O) groups is 6. The number of aromatic nitrogens is 5. The molecule has 0 bridgehead atoms. The Kier molecular flexibility index (Phi) is 10.4. The number of H-pyrrole nitrogens is 1. The first-order valence-corrected chi connectivity index (χ1v) is 12.8. The van der Waals surface area contributed by atoms with Crippen LogP contribution in [0.25, 0.3) is 0 Å². The van der Waals surface area contributed by atoms with Crippen LogP contribution in [0.15, 0.2) is 18.3 Å². The molecule has 1 aliphatic rings. The Morgan fingerprint density at radius 1 is 1.15 bits per heavy atom. The minimum Gasteiger partial charge on any atom is -0.481 e. The zero-order chi connectivity index (χ0) is 30.1. The van der Waals surface area contributed by atoms with Crippen LogP contribution in [0.5, 0.6) is 0 Å². The molecule has 41 heavy (non-hydrogen) atoms. The van der Waals surface area contributed by atoms with Crippen LogP contribution in [-0.4, -0.2) is 84.3 Å². The van der Waals surface area contributed by atoms with Gasteiger partial charge in [0.2, 0.25) is 23.6 Å². The number of fused-ring (bicyclic) bond motifs is 1. The van der Waals surface area contributed by atoms with Crippen LogP contribution < -0.4 is 26.6 Å². The predicted octanol–water partition coefficient (Wildman–Crippen LogP) is -2.08. The number of nitrogens with two attached hydrogens (primary N) is 1. The van der Waals surface area contributed by atoms with E-state index in [-0.39, 0.29) is 43.9 Å². The van der Waals surface area contributed by atoms with Gasteiger partial charge in [-0.3, -0.25) is 33.7 Å². The fourth-order valence-corrected chi connectivity index (χ4v) is 4.24. The maximum atomic E-state index is 13.9. The third-order valence-corrected chi connectivity index (χ3v) is 6.30. The largest absolute Gasteiger partial charge is 0.481 e. The van der Waals surface area contributed by atoms with E-state index < -0.39 is 66.0 Å². The summed E-state index contributed by atoms with van der Waals surface area (Å²) in [6, 6.07) is -0.0870. The Balaban J connectivity index is 1.83. The molecule has 5 amide bonds. The number of aromatic amines is 1. The van der Waals surface area contributed by atoms with E-state index in [4.69, 9.17) is 10.8 Å². The van der Waals surface area contributed by atoms with Gasteiger partial charge >= 0.3 is 5.97 Å². The molecule has 0 saturated heterocycles. The van der Waals surface area contributed by atoms with Gasteiger partial charge in [0.1, 0.15) is 23.9 Å². The number of hydrogen-bond donors (Lipinski definition) is 6. The third-order valence-electron chi connectivity index (χ3n) is 6.30. The lowest BCUT2D eigenvalue weighted by molar-refractivity contribution is -0.139. The number of carboxylic acids is 1. The second-order valence-corrected chi connectivity index (χ2v) is 9.71. The van der Waals surface area contributed by atoms with E-state index in [1.54, 1.807) is 26.0 Å². The van der Waals surface area contributed by atoms with E-state index >= 15 is 0 Å². The molecule has 2 aromatic heterocycles. The van der Waals surface area contributed by atoms with Gasteiger partial charge < -0.3 is 26.8 Å². The van der Waals surface area contributed by atoms with E-state index in [0.29, 0.717) is 5.56 Å². The predicted molar refractivity (Wildman–Crippen MR) is 139 cm³/mol. The number of primary amides is 1. The number of carbonyl (C=O) groups excluding carboxylic acids is 5. The van der Waals surface area contributed by atoms with Crippen molar-refractivity contribution in [2.75, 3.05) is 4.90 Å². The third kappa shape index (κ3) is 8.26. The first-order valence-electron chi connectivity index (χ1n) is 12.8.